The van der Waals surface area contributed by atoms with Gasteiger partial charge in [0.1, 0.15) is 0 Å². The van der Waals surface area contributed by atoms with Crippen LogP contribution in [0.25, 0.3) is 0 Å². The second-order valence-corrected chi connectivity index (χ2v) is 7.71. The number of hydrogen-bond acceptors (Lipinski definition) is 3. The van der Waals surface area contributed by atoms with E-state index in [1.165, 1.54) is 11.3 Å². The number of nitrogens with one attached hydrogen (secondary N) is 1. The van der Waals surface area contributed by atoms with Crippen molar-refractivity contribution in [3.63, 3.8) is 0 Å². The molecule has 1 aliphatic heterocycles. The second-order valence-electron chi connectivity index (χ2n) is 5.97. The molecule has 2 atom stereocenters. The first-order valence-corrected chi connectivity index (χ1v) is 7.77. The molecule has 18 heavy (non-hydrogen) atoms. The molecule has 1 aromatic rings. The van der Waals surface area contributed by atoms with Crippen LogP contribution >= 0.6 is 22.9 Å². The second kappa shape index (κ2) is 5.91. The molecule has 0 radical (unpaired) electrons. The molecular weight excluding hydrogens is 266 g/mol. The Bertz CT molecular complexity index is 385. The third-order valence-electron chi connectivity index (χ3n) is 3.21. The average Bonchev–Trinajstić information content (AvgIpc) is 2.72. The molecule has 0 aliphatic carbocycles. The summed E-state index contributed by atoms with van der Waals surface area (Å²) in [5.41, 5.74) is 0.162. The predicted molar refractivity (Wildman–Crippen MR) is 78.5 cm³/mol. The van der Waals surface area contributed by atoms with Crippen LogP contribution in [0.2, 0.25) is 4.34 Å². The highest BCUT2D eigenvalue weighted by Crippen LogP contribution is 2.38. The maximum atomic E-state index is 6.02. The monoisotopic (exact) mass is 287 g/mol. The van der Waals surface area contributed by atoms with Crippen LogP contribution in [-0.4, -0.2) is 18.7 Å². The zero-order chi connectivity index (χ0) is 13.2. The van der Waals surface area contributed by atoms with Crippen LogP contribution in [0.4, 0.5) is 0 Å². The Morgan fingerprint density at radius 3 is 2.83 bits per heavy atom. The molecule has 1 fully saturated rings. The van der Waals surface area contributed by atoms with E-state index in [4.69, 9.17) is 16.3 Å². The molecule has 0 amide bonds. The van der Waals surface area contributed by atoms with Gasteiger partial charge in [0.25, 0.3) is 0 Å². The number of hydrogen-bond donors (Lipinski definition) is 1. The van der Waals surface area contributed by atoms with Crippen LogP contribution in [-0.2, 0) is 4.74 Å². The van der Waals surface area contributed by atoms with Crippen molar-refractivity contribution in [3.8, 4) is 0 Å². The normalized spacial score (nSPS) is 25.3. The van der Waals surface area contributed by atoms with Crippen molar-refractivity contribution < 1.29 is 4.74 Å². The fraction of sp³-hybridized carbons (Fsp3) is 0.714. The van der Waals surface area contributed by atoms with Crippen molar-refractivity contribution in [3.05, 3.63) is 21.3 Å². The third kappa shape index (κ3) is 3.95. The van der Waals surface area contributed by atoms with Gasteiger partial charge in [0.2, 0.25) is 0 Å². The van der Waals surface area contributed by atoms with E-state index in [2.05, 4.69) is 32.2 Å². The number of ether oxygens (including phenoxy) is 1. The number of rotatable bonds is 3. The zero-order valence-electron chi connectivity index (χ0n) is 11.3. The van der Waals surface area contributed by atoms with E-state index in [-0.39, 0.29) is 11.6 Å². The van der Waals surface area contributed by atoms with Crippen molar-refractivity contribution >= 4 is 22.9 Å². The lowest BCUT2D eigenvalue weighted by atomic mass is 9.92. The summed E-state index contributed by atoms with van der Waals surface area (Å²) < 4.78 is 6.82. The zero-order valence-corrected chi connectivity index (χ0v) is 12.9. The molecule has 102 valence electrons. The Hall–Kier alpha value is -0.0900. The lowest BCUT2D eigenvalue weighted by Crippen LogP contribution is -2.41. The highest BCUT2D eigenvalue weighted by molar-refractivity contribution is 7.16. The smallest absolute Gasteiger partial charge is 0.0957 e. The summed E-state index contributed by atoms with van der Waals surface area (Å²) in [4.78, 5) is 1.26. The summed E-state index contributed by atoms with van der Waals surface area (Å²) >= 11 is 7.67. The summed E-state index contributed by atoms with van der Waals surface area (Å²) in [6, 6.07) is 4.07. The van der Waals surface area contributed by atoms with Crippen LogP contribution in [0.5, 0.6) is 0 Å². The van der Waals surface area contributed by atoms with Gasteiger partial charge in [-0.15, -0.1) is 11.3 Å². The van der Waals surface area contributed by atoms with Crippen LogP contribution in [0.3, 0.4) is 0 Å². The lowest BCUT2D eigenvalue weighted by molar-refractivity contribution is -0.0271. The Balaban J connectivity index is 2.02. The number of halogens is 1. The molecule has 2 nitrogen and oxygen atoms in total. The first kappa shape index (κ1) is 14.3. The molecule has 0 spiro atoms. The molecule has 0 aromatic carbocycles. The summed E-state index contributed by atoms with van der Waals surface area (Å²) in [6.07, 6.45) is 2.60. The molecular formula is C14H22ClNOS. The average molecular weight is 288 g/mol. The molecule has 2 unspecified atom stereocenters. The quantitative estimate of drug-likeness (QED) is 0.897. The van der Waals surface area contributed by atoms with Gasteiger partial charge >= 0.3 is 0 Å². The van der Waals surface area contributed by atoms with E-state index in [0.29, 0.717) is 5.92 Å². The summed E-state index contributed by atoms with van der Waals surface area (Å²) in [7, 11) is 0. The molecule has 1 saturated heterocycles. The molecule has 4 heteroatoms. The Labute approximate surface area is 119 Å². The van der Waals surface area contributed by atoms with E-state index in [1.54, 1.807) is 11.3 Å². The lowest BCUT2D eigenvalue weighted by Gasteiger charge is -2.33. The molecule has 1 aromatic heterocycles. The molecule has 2 heterocycles. The van der Waals surface area contributed by atoms with Gasteiger partial charge in [0, 0.05) is 29.5 Å². The highest BCUT2D eigenvalue weighted by atomic mass is 35.5. The van der Waals surface area contributed by atoms with Crippen LogP contribution < -0.4 is 5.32 Å². The van der Waals surface area contributed by atoms with E-state index < -0.39 is 0 Å². The van der Waals surface area contributed by atoms with E-state index in [0.717, 1.165) is 23.9 Å². The van der Waals surface area contributed by atoms with Crippen molar-refractivity contribution in [2.75, 3.05) is 13.2 Å². The summed E-state index contributed by atoms with van der Waals surface area (Å²) in [5, 5.41) is 3.59. The Morgan fingerprint density at radius 1 is 1.44 bits per heavy atom. The highest BCUT2D eigenvalue weighted by Gasteiger charge is 2.29. The van der Waals surface area contributed by atoms with E-state index in [1.807, 2.05) is 6.07 Å². The van der Waals surface area contributed by atoms with E-state index in [9.17, 15) is 0 Å². The summed E-state index contributed by atoms with van der Waals surface area (Å²) in [5.74, 6) is 0.549. The topological polar surface area (TPSA) is 21.3 Å². The van der Waals surface area contributed by atoms with Gasteiger partial charge in [0.05, 0.1) is 10.4 Å². The van der Waals surface area contributed by atoms with Crippen LogP contribution in [0.1, 0.15) is 44.6 Å². The molecule has 0 bridgehead atoms. The van der Waals surface area contributed by atoms with Crippen LogP contribution in [0, 0.1) is 5.92 Å². The minimum absolute atomic E-state index is 0.162. The minimum atomic E-state index is 0.162. The number of thiophene rings is 1. The van der Waals surface area contributed by atoms with Gasteiger partial charge in [0.15, 0.2) is 0 Å². The van der Waals surface area contributed by atoms with Gasteiger partial charge in [-0.25, -0.2) is 0 Å². The standard InChI is InChI=1S/C14H22ClNOS/c1-14(2,3)16-9-10-5-4-8-17-13(10)11-6-7-12(15)18-11/h6-7,10,13,16H,4-5,8-9H2,1-3H3. The Kier molecular flexibility index (Phi) is 4.70. The maximum absolute atomic E-state index is 6.02. The van der Waals surface area contributed by atoms with Gasteiger partial charge in [-0.3, -0.25) is 0 Å². The fourth-order valence-corrected chi connectivity index (χ4v) is 3.49. The SMILES string of the molecule is CC(C)(C)NCC1CCCOC1c1ccc(Cl)s1. The summed E-state index contributed by atoms with van der Waals surface area (Å²) in [6.45, 7) is 8.48. The molecule has 1 aliphatic rings. The van der Waals surface area contributed by atoms with Gasteiger partial charge in [-0.05, 0) is 45.7 Å². The molecule has 2 rings (SSSR count). The maximum Gasteiger partial charge on any atom is 0.0957 e. The van der Waals surface area contributed by atoms with Crippen LogP contribution in [0.15, 0.2) is 12.1 Å². The first-order chi connectivity index (χ1) is 8.46. The molecule has 0 saturated carbocycles. The van der Waals surface area contributed by atoms with Crippen molar-refractivity contribution in [2.24, 2.45) is 5.92 Å². The van der Waals surface area contributed by atoms with Crippen molar-refractivity contribution in [2.45, 2.75) is 45.3 Å². The van der Waals surface area contributed by atoms with Gasteiger partial charge < -0.3 is 10.1 Å². The van der Waals surface area contributed by atoms with Gasteiger partial charge in [-0.1, -0.05) is 11.6 Å². The van der Waals surface area contributed by atoms with Crippen molar-refractivity contribution in [1.29, 1.82) is 0 Å². The third-order valence-corrected chi connectivity index (χ3v) is 4.51. The van der Waals surface area contributed by atoms with E-state index >= 15 is 0 Å². The fourth-order valence-electron chi connectivity index (χ4n) is 2.29. The van der Waals surface area contributed by atoms with Gasteiger partial charge in [-0.2, -0.15) is 0 Å². The van der Waals surface area contributed by atoms with Crippen molar-refractivity contribution in [1.82, 2.24) is 5.32 Å². The minimum Gasteiger partial charge on any atom is -0.372 e. The Morgan fingerprint density at radius 2 is 2.22 bits per heavy atom. The molecule has 1 N–H and O–H groups in total. The first-order valence-electron chi connectivity index (χ1n) is 6.57. The predicted octanol–water partition coefficient (Wildman–Crippen LogP) is 4.26. The largest absolute Gasteiger partial charge is 0.372 e.